The van der Waals surface area contributed by atoms with E-state index in [0.29, 0.717) is 0 Å². The van der Waals surface area contributed by atoms with Gasteiger partial charge < -0.3 is 4.43 Å². The van der Waals surface area contributed by atoms with Crippen molar-refractivity contribution in [1.29, 1.82) is 0 Å². The van der Waals surface area contributed by atoms with Crippen molar-refractivity contribution in [3.8, 4) is 0 Å². The molecule has 0 aliphatic heterocycles. The highest BCUT2D eigenvalue weighted by Crippen LogP contribution is 1.99. The molecule has 0 spiro atoms. The Bertz CT molecular complexity index is 218. The first kappa shape index (κ1) is 8.24. The van der Waals surface area contributed by atoms with Crippen molar-refractivity contribution < 1.29 is 4.43 Å². The zero-order chi connectivity index (χ0) is 7.94. The van der Waals surface area contributed by atoms with E-state index in [4.69, 9.17) is 4.43 Å². The van der Waals surface area contributed by atoms with E-state index in [2.05, 4.69) is 23.9 Å². The van der Waals surface area contributed by atoms with Crippen LogP contribution in [0.2, 0.25) is 0 Å². The zero-order valence-electron chi connectivity index (χ0n) is 6.66. The largest absolute Gasteiger partial charge is 0.422 e. The van der Waals surface area contributed by atoms with E-state index >= 15 is 0 Å². The Kier molecular flexibility index (Phi) is 3.65. The van der Waals surface area contributed by atoms with Gasteiger partial charge in [-0.05, 0) is 5.56 Å². The van der Waals surface area contributed by atoms with Crippen molar-refractivity contribution in [3.63, 3.8) is 0 Å². The first-order valence-corrected chi connectivity index (χ1v) is 5.03. The Labute approximate surface area is 69.6 Å². The summed E-state index contributed by atoms with van der Waals surface area (Å²) in [6.07, 6.45) is 2.11. The van der Waals surface area contributed by atoms with Gasteiger partial charge in [-0.3, -0.25) is 0 Å². The molecule has 58 valence electrons. The Morgan fingerprint density at radius 3 is 2.64 bits per heavy atom. The lowest BCUT2D eigenvalue weighted by atomic mass is 10.2. The number of hydrogen-bond donors (Lipinski definition) is 0. The minimum Gasteiger partial charge on any atom is -0.422 e. The molecule has 1 aromatic carbocycles. The molecule has 0 bridgehead atoms. The molecule has 0 aliphatic rings. The van der Waals surface area contributed by atoms with Crippen LogP contribution in [0.3, 0.4) is 0 Å². The molecule has 0 saturated carbocycles. The summed E-state index contributed by atoms with van der Waals surface area (Å²) in [5, 5.41) is 0. The van der Waals surface area contributed by atoms with Gasteiger partial charge in [-0.15, -0.1) is 0 Å². The van der Waals surface area contributed by atoms with Gasteiger partial charge in [0.15, 0.2) is 9.76 Å². The van der Waals surface area contributed by atoms with Crippen LogP contribution in [0.4, 0.5) is 0 Å². The molecule has 0 saturated heterocycles. The molecule has 0 amide bonds. The third kappa shape index (κ3) is 3.16. The molecule has 0 aromatic heterocycles. The second-order valence-corrected chi connectivity index (χ2v) is 3.65. The van der Waals surface area contributed by atoms with Crippen molar-refractivity contribution in [2.24, 2.45) is 0 Å². The minimum absolute atomic E-state index is 0.403. The van der Waals surface area contributed by atoms with E-state index in [0.717, 1.165) is 0 Å². The molecule has 0 N–H and O–H groups in total. The van der Waals surface area contributed by atoms with E-state index in [1.807, 2.05) is 18.2 Å². The van der Waals surface area contributed by atoms with E-state index in [-0.39, 0.29) is 0 Å². The second kappa shape index (κ2) is 4.88. The highest BCUT2D eigenvalue weighted by molar-refractivity contribution is 6.35. The Hall–Kier alpha value is -0.863. The topological polar surface area (TPSA) is 9.23 Å². The first-order valence-electron chi connectivity index (χ1n) is 3.64. The summed E-state index contributed by atoms with van der Waals surface area (Å²) in [7, 11) is 1.35. The lowest BCUT2D eigenvalue weighted by Gasteiger charge is -1.90. The van der Waals surface area contributed by atoms with Gasteiger partial charge in [0, 0.05) is 7.11 Å². The van der Waals surface area contributed by atoms with Gasteiger partial charge >= 0.3 is 0 Å². The van der Waals surface area contributed by atoms with Gasteiger partial charge in [0.1, 0.15) is 0 Å². The number of rotatable bonds is 3. The molecule has 11 heavy (non-hydrogen) atoms. The molecule has 0 fully saturated rings. The molecule has 2 heteroatoms. The zero-order valence-corrected chi connectivity index (χ0v) is 8.07. The standard InChI is InChI=1S/C9H12OSi/c1-10-11-8-7-9-5-3-2-4-6-9/h2-8H,11H2,1H3/b8-7+. The van der Waals surface area contributed by atoms with Crippen LogP contribution in [0.15, 0.2) is 36.0 Å². The van der Waals surface area contributed by atoms with Gasteiger partial charge in [-0.1, -0.05) is 42.1 Å². The Morgan fingerprint density at radius 2 is 2.00 bits per heavy atom. The fourth-order valence-corrected chi connectivity index (χ4v) is 1.41. The average Bonchev–Trinajstić information content (AvgIpc) is 2.07. The molecule has 1 nitrogen and oxygen atoms in total. The second-order valence-electron chi connectivity index (χ2n) is 2.27. The fraction of sp³-hybridized carbons (Fsp3) is 0.111. The summed E-state index contributed by atoms with van der Waals surface area (Å²) in [6, 6.07) is 10.3. The molecule has 0 heterocycles. The van der Waals surface area contributed by atoms with Gasteiger partial charge in [0.05, 0.1) is 0 Å². The fourth-order valence-electron chi connectivity index (χ4n) is 0.845. The monoisotopic (exact) mass is 164 g/mol. The summed E-state index contributed by atoms with van der Waals surface area (Å²) in [5.41, 5.74) is 3.38. The van der Waals surface area contributed by atoms with E-state index in [9.17, 15) is 0 Å². The van der Waals surface area contributed by atoms with Gasteiger partial charge in [0.2, 0.25) is 0 Å². The number of benzene rings is 1. The Morgan fingerprint density at radius 1 is 1.27 bits per heavy atom. The molecule has 1 aromatic rings. The van der Waals surface area contributed by atoms with Crippen LogP contribution < -0.4 is 0 Å². The van der Waals surface area contributed by atoms with Crippen molar-refractivity contribution in [1.82, 2.24) is 0 Å². The molecule has 0 atom stereocenters. The predicted molar refractivity (Wildman–Crippen MR) is 51.0 cm³/mol. The number of hydrogen-bond acceptors (Lipinski definition) is 1. The quantitative estimate of drug-likeness (QED) is 0.613. The lowest BCUT2D eigenvalue weighted by Crippen LogP contribution is -1.85. The molecular formula is C9H12OSi. The highest BCUT2D eigenvalue weighted by Gasteiger charge is 1.80. The van der Waals surface area contributed by atoms with Crippen molar-refractivity contribution in [3.05, 3.63) is 41.6 Å². The van der Waals surface area contributed by atoms with Gasteiger partial charge in [-0.2, -0.15) is 0 Å². The molecule has 0 unspecified atom stereocenters. The third-order valence-corrected chi connectivity index (χ3v) is 2.13. The molecular weight excluding hydrogens is 152 g/mol. The van der Waals surface area contributed by atoms with Crippen LogP contribution >= 0.6 is 0 Å². The van der Waals surface area contributed by atoms with Crippen LogP contribution in [0, 0.1) is 0 Å². The van der Waals surface area contributed by atoms with Crippen molar-refractivity contribution in [2.75, 3.05) is 7.11 Å². The normalized spacial score (nSPS) is 11.7. The van der Waals surface area contributed by atoms with Gasteiger partial charge in [0.25, 0.3) is 0 Å². The summed E-state index contributed by atoms with van der Waals surface area (Å²) in [4.78, 5) is 0. The van der Waals surface area contributed by atoms with Crippen LogP contribution in [0.25, 0.3) is 6.08 Å². The molecule has 0 aliphatic carbocycles. The van der Waals surface area contributed by atoms with Crippen LogP contribution in [-0.2, 0) is 4.43 Å². The first-order chi connectivity index (χ1) is 5.43. The minimum atomic E-state index is -0.403. The third-order valence-electron chi connectivity index (χ3n) is 1.37. The summed E-state index contributed by atoms with van der Waals surface area (Å²) < 4.78 is 5.02. The molecule has 0 radical (unpaired) electrons. The lowest BCUT2D eigenvalue weighted by molar-refractivity contribution is 0.450. The van der Waals surface area contributed by atoms with E-state index in [1.165, 1.54) is 5.56 Å². The van der Waals surface area contributed by atoms with E-state index in [1.54, 1.807) is 7.11 Å². The van der Waals surface area contributed by atoms with E-state index < -0.39 is 9.76 Å². The Balaban J connectivity index is 2.50. The maximum atomic E-state index is 5.02. The highest BCUT2D eigenvalue weighted by atomic mass is 28.2. The van der Waals surface area contributed by atoms with Crippen LogP contribution in [0.5, 0.6) is 0 Å². The maximum Gasteiger partial charge on any atom is 0.184 e. The predicted octanol–water partition coefficient (Wildman–Crippen LogP) is 1.39. The molecule has 1 rings (SSSR count). The average molecular weight is 164 g/mol. The SMILES string of the molecule is CO[SiH2]/C=C/c1ccccc1. The van der Waals surface area contributed by atoms with Gasteiger partial charge in [-0.25, -0.2) is 0 Å². The summed E-state index contributed by atoms with van der Waals surface area (Å²) >= 11 is 0. The maximum absolute atomic E-state index is 5.02. The van der Waals surface area contributed by atoms with Crippen LogP contribution in [0.1, 0.15) is 5.56 Å². The summed E-state index contributed by atoms with van der Waals surface area (Å²) in [5.74, 6) is 0. The smallest absolute Gasteiger partial charge is 0.184 e. The van der Waals surface area contributed by atoms with Crippen LogP contribution in [-0.4, -0.2) is 16.9 Å². The van der Waals surface area contributed by atoms with Crippen molar-refractivity contribution in [2.45, 2.75) is 0 Å². The summed E-state index contributed by atoms with van der Waals surface area (Å²) in [6.45, 7) is 0. The van der Waals surface area contributed by atoms with Crippen molar-refractivity contribution >= 4 is 15.8 Å².